The molecule has 0 unspecified atom stereocenters. The summed E-state index contributed by atoms with van der Waals surface area (Å²) in [6.45, 7) is 11.9. The molecule has 0 aromatic heterocycles. The first-order chi connectivity index (χ1) is 12.0. The smallest absolute Gasteiger partial charge is 0.132 e. The lowest BCUT2D eigenvalue weighted by Gasteiger charge is -2.06. The number of hydrogen-bond donors (Lipinski definition) is 1. The molecule has 25 heavy (non-hydrogen) atoms. The number of allylic oxidation sites excluding steroid dienone is 5. The summed E-state index contributed by atoms with van der Waals surface area (Å²) in [5.74, 6) is 0.417. The van der Waals surface area contributed by atoms with E-state index in [2.05, 4.69) is 55.4 Å². The Morgan fingerprint density at radius 1 is 1.00 bits per heavy atom. The molecule has 0 fully saturated rings. The molecule has 0 amide bonds. The molecular weight excluding hydrogens is 304 g/mol. The van der Waals surface area contributed by atoms with Gasteiger partial charge >= 0.3 is 0 Å². The monoisotopic (exact) mass is 326 g/mol. The van der Waals surface area contributed by atoms with Crippen LogP contribution in [0, 0.1) is 12.1 Å². The Hall–Kier alpha value is -3.31. The van der Waals surface area contributed by atoms with Crippen LogP contribution in [-0.2, 0) is 0 Å². The van der Waals surface area contributed by atoms with Gasteiger partial charge in [0.25, 0.3) is 0 Å². The number of rotatable bonds is 6. The van der Waals surface area contributed by atoms with Crippen LogP contribution in [0.1, 0.15) is 30.5 Å². The van der Waals surface area contributed by atoms with Gasteiger partial charge in [0, 0.05) is 5.56 Å². The largest absolute Gasteiger partial charge is 0.383 e. The van der Waals surface area contributed by atoms with E-state index in [-0.39, 0.29) is 0 Å². The molecule has 0 radical (unpaired) electrons. The fraction of sp³-hybridized carbons (Fsp3) is 0.0870. The maximum Gasteiger partial charge on any atom is 0.132 e. The van der Waals surface area contributed by atoms with E-state index in [0.717, 1.165) is 22.3 Å². The van der Waals surface area contributed by atoms with Gasteiger partial charge in [-0.2, -0.15) is 0 Å². The lowest BCUT2D eigenvalue weighted by Crippen LogP contribution is -2.12. The van der Waals surface area contributed by atoms with Crippen molar-refractivity contribution < 1.29 is 0 Å². The molecule has 0 saturated carbocycles. The second-order valence-corrected chi connectivity index (χ2v) is 5.80. The Morgan fingerprint density at radius 2 is 1.68 bits per heavy atom. The van der Waals surface area contributed by atoms with Crippen LogP contribution in [0.4, 0.5) is 0 Å². The van der Waals surface area contributed by atoms with E-state index in [1.165, 1.54) is 5.57 Å². The van der Waals surface area contributed by atoms with Gasteiger partial charge < -0.3 is 5.73 Å². The molecule has 0 aliphatic carbocycles. The third-order valence-electron chi connectivity index (χ3n) is 3.61. The van der Waals surface area contributed by atoms with E-state index >= 15 is 0 Å². The maximum atomic E-state index is 6.02. The molecule has 2 nitrogen and oxygen atoms in total. The van der Waals surface area contributed by atoms with E-state index in [9.17, 15) is 0 Å². The van der Waals surface area contributed by atoms with Crippen LogP contribution in [0.25, 0.3) is 11.3 Å². The summed E-state index contributed by atoms with van der Waals surface area (Å²) in [6, 6.07) is 19.2. The summed E-state index contributed by atoms with van der Waals surface area (Å²) in [7, 11) is 0. The summed E-state index contributed by atoms with van der Waals surface area (Å²) in [4.78, 5) is 4.39. The van der Waals surface area contributed by atoms with Crippen LogP contribution in [0.5, 0.6) is 0 Å². The Morgan fingerprint density at radius 3 is 2.28 bits per heavy atom. The van der Waals surface area contributed by atoms with E-state index in [1.54, 1.807) is 12.1 Å². The molecule has 2 aromatic rings. The van der Waals surface area contributed by atoms with Gasteiger partial charge in [-0.25, -0.2) is 4.99 Å². The molecule has 2 heteroatoms. The topological polar surface area (TPSA) is 38.4 Å². The molecule has 0 aliphatic heterocycles. The molecule has 124 valence electrons. The van der Waals surface area contributed by atoms with Crippen molar-refractivity contribution in [3.8, 4) is 0 Å². The molecule has 0 spiro atoms. The molecule has 0 aliphatic rings. The minimum Gasteiger partial charge on any atom is -0.383 e. The highest BCUT2D eigenvalue weighted by Gasteiger charge is 2.02. The predicted molar refractivity (Wildman–Crippen MR) is 108 cm³/mol. The zero-order chi connectivity index (χ0) is 18.2. The van der Waals surface area contributed by atoms with Crippen LogP contribution in [-0.4, -0.2) is 5.84 Å². The Labute approximate surface area is 150 Å². The number of hydrogen-bond acceptors (Lipinski definition) is 1. The maximum absolute atomic E-state index is 6.02. The zero-order valence-electron chi connectivity index (χ0n) is 14.7. The predicted octanol–water partition coefficient (Wildman–Crippen LogP) is 5.20. The van der Waals surface area contributed by atoms with Crippen molar-refractivity contribution in [1.29, 1.82) is 0 Å². The average molecular weight is 326 g/mol. The number of amidine groups is 1. The van der Waals surface area contributed by atoms with Gasteiger partial charge in [0.05, 0.1) is 5.70 Å². The van der Waals surface area contributed by atoms with Crippen molar-refractivity contribution in [3.63, 3.8) is 0 Å². The van der Waals surface area contributed by atoms with Crippen molar-refractivity contribution >= 4 is 17.1 Å². The minimum atomic E-state index is 0.417. The highest BCUT2D eigenvalue weighted by atomic mass is 14.9. The standard InChI is InChI=1S/C23H22N2/c1-17(2)9-8-10-18(3)20-13-15-21(16-14-20)19(4)25-23(24)22-11-6-5-7-12-22/h6,8-16H,1,4H2,2-3H3,(H2,24,25)/b9-8-,18-10+. The third kappa shape index (κ3) is 5.37. The average Bonchev–Trinajstić information content (AvgIpc) is 2.62. The van der Waals surface area contributed by atoms with Crippen molar-refractivity contribution in [3.05, 3.63) is 108 Å². The Balaban J connectivity index is 2.14. The third-order valence-corrected chi connectivity index (χ3v) is 3.61. The van der Waals surface area contributed by atoms with Gasteiger partial charge in [-0.15, -0.1) is 0 Å². The Kier molecular flexibility index (Phi) is 6.14. The van der Waals surface area contributed by atoms with Crippen molar-refractivity contribution in [2.45, 2.75) is 13.8 Å². The van der Waals surface area contributed by atoms with Crippen LogP contribution in [0.2, 0.25) is 0 Å². The molecule has 0 atom stereocenters. The van der Waals surface area contributed by atoms with Gasteiger partial charge in [0.15, 0.2) is 0 Å². The first-order valence-electron chi connectivity index (χ1n) is 8.00. The van der Waals surface area contributed by atoms with E-state index in [4.69, 9.17) is 5.73 Å². The lowest BCUT2D eigenvalue weighted by atomic mass is 10.0. The second kappa shape index (κ2) is 8.52. The van der Waals surface area contributed by atoms with Crippen molar-refractivity contribution in [2.75, 3.05) is 0 Å². The number of nitrogens with two attached hydrogens (primary N) is 1. The highest BCUT2D eigenvalue weighted by molar-refractivity contribution is 6.00. The van der Waals surface area contributed by atoms with Gasteiger partial charge in [-0.3, -0.25) is 0 Å². The summed E-state index contributed by atoms with van der Waals surface area (Å²) >= 11 is 0. The summed E-state index contributed by atoms with van der Waals surface area (Å²) < 4.78 is 0. The molecular formula is C23H22N2. The molecule has 0 saturated heterocycles. The van der Waals surface area contributed by atoms with Gasteiger partial charge in [-0.05, 0) is 48.7 Å². The molecule has 2 N–H and O–H groups in total. The fourth-order valence-corrected chi connectivity index (χ4v) is 2.16. The van der Waals surface area contributed by atoms with E-state index in [0.29, 0.717) is 11.5 Å². The molecule has 0 heterocycles. The van der Waals surface area contributed by atoms with Crippen molar-refractivity contribution in [2.24, 2.45) is 10.7 Å². The number of aliphatic imine (C=N–C) groups is 1. The first kappa shape index (κ1) is 18.0. The normalized spacial score (nSPS) is 12.1. The van der Waals surface area contributed by atoms with Gasteiger partial charge in [-0.1, -0.05) is 73.4 Å². The highest BCUT2D eigenvalue weighted by Crippen LogP contribution is 2.19. The minimum absolute atomic E-state index is 0.417. The SMILES string of the molecule is C=C(C)/C=C\C=C(/C)c1ccc(C(=C)N=C(N)c2cc#ccc2)cc1. The van der Waals surface area contributed by atoms with Gasteiger partial charge in [0.2, 0.25) is 0 Å². The zero-order valence-corrected chi connectivity index (χ0v) is 14.7. The molecule has 2 rings (SSSR count). The van der Waals surface area contributed by atoms with Crippen molar-refractivity contribution in [1.82, 2.24) is 0 Å². The summed E-state index contributed by atoms with van der Waals surface area (Å²) in [5, 5.41) is 0. The first-order valence-corrected chi connectivity index (χ1v) is 8.00. The molecule has 0 bridgehead atoms. The second-order valence-electron chi connectivity index (χ2n) is 5.80. The summed E-state index contributed by atoms with van der Waals surface area (Å²) in [5.41, 5.74) is 11.7. The summed E-state index contributed by atoms with van der Waals surface area (Å²) in [6.07, 6.45) is 6.05. The molecule has 2 aromatic carbocycles. The quantitative estimate of drug-likeness (QED) is 0.442. The Bertz CT molecular complexity index is 835. The fourth-order valence-electron chi connectivity index (χ4n) is 2.16. The van der Waals surface area contributed by atoms with E-state index in [1.807, 2.05) is 37.3 Å². The number of nitrogens with zero attached hydrogens (tertiary/aromatic N) is 1. The lowest BCUT2D eigenvalue weighted by molar-refractivity contribution is 1.45. The van der Waals surface area contributed by atoms with Crippen LogP contribution < -0.4 is 5.73 Å². The van der Waals surface area contributed by atoms with Gasteiger partial charge in [0.1, 0.15) is 5.84 Å². The van der Waals surface area contributed by atoms with E-state index < -0.39 is 0 Å². The number of benzene rings is 1. The van der Waals surface area contributed by atoms with Crippen LogP contribution >= 0.6 is 0 Å². The van der Waals surface area contributed by atoms with Crippen LogP contribution in [0.3, 0.4) is 0 Å². The van der Waals surface area contributed by atoms with Crippen LogP contribution in [0.15, 0.2) is 84.4 Å².